The Hall–Kier alpha value is -3.12. The molecular formula is C58H74. The molecule has 6 aliphatic carbocycles. The zero-order valence-corrected chi connectivity index (χ0v) is 38.4. The van der Waals surface area contributed by atoms with E-state index in [4.69, 9.17) is 0 Å². The molecule has 6 aliphatic rings. The highest BCUT2D eigenvalue weighted by Crippen LogP contribution is 2.70. The number of aryl methyl sites for hydroxylation is 3. The zero-order chi connectivity index (χ0) is 40.6. The minimum atomic E-state index is -0.0934. The molecule has 0 saturated heterocycles. The molecule has 2 unspecified atom stereocenters. The number of fused-ring (bicyclic) bond motifs is 12. The highest BCUT2D eigenvalue weighted by Gasteiger charge is 2.59. The molecule has 306 valence electrons. The van der Waals surface area contributed by atoms with E-state index in [9.17, 15) is 0 Å². The molecule has 0 radical (unpaired) electrons. The van der Waals surface area contributed by atoms with E-state index in [-0.39, 0.29) is 16.2 Å². The topological polar surface area (TPSA) is 0 Å². The van der Waals surface area contributed by atoms with Gasteiger partial charge in [-0.25, -0.2) is 0 Å². The van der Waals surface area contributed by atoms with Gasteiger partial charge in [-0.15, -0.1) is 0 Å². The van der Waals surface area contributed by atoms with Crippen molar-refractivity contribution >= 4 is 21.9 Å². The van der Waals surface area contributed by atoms with Crippen LogP contribution in [0.4, 0.5) is 0 Å². The molecule has 58 heavy (non-hydrogen) atoms. The van der Waals surface area contributed by atoms with Crippen LogP contribution in [0.3, 0.4) is 0 Å². The molecule has 4 aromatic carbocycles. The molecule has 0 amide bonds. The number of hydrogen-bond acceptors (Lipinski definition) is 0. The Labute approximate surface area is 353 Å². The van der Waals surface area contributed by atoms with Gasteiger partial charge in [-0.3, -0.25) is 0 Å². The minimum Gasteiger partial charge on any atom is -0.0625 e. The van der Waals surface area contributed by atoms with Crippen molar-refractivity contribution in [1.82, 2.24) is 0 Å². The maximum atomic E-state index is 2.75. The fourth-order valence-electron chi connectivity index (χ4n) is 15.9. The summed E-state index contributed by atoms with van der Waals surface area (Å²) in [4.78, 5) is 0. The maximum Gasteiger partial charge on any atom is 0.0227 e. The van der Waals surface area contributed by atoms with E-state index in [1.807, 2.05) is 0 Å². The van der Waals surface area contributed by atoms with Crippen LogP contribution in [0.2, 0.25) is 0 Å². The fourth-order valence-corrected chi connectivity index (χ4v) is 15.9. The first kappa shape index (κ1) is 39.0. The van der Waals surface area contributed by atoms with Gasteiger partial charge in [0.1, 0.15) is 0 Å². The van der Waals surface area contributed by atoms with Crippen LogP contribution in [0, 0.1) is 62.2 Å². The summed E-state index contributed by atoms with van der Waals surface area (Å²) in [6.07, 6.45) is 18.3. The number of hydrogen-bond donors (Lipinski definition) is 0. The summed E-state index contributed by atoms with van der Waals surface area (Å²) in [6, 6.07) is 20.8. The molecule has 4 aromatic rings. The van der Waals surface area contributed by atoms with E-state index in [1.165, 1.54) is 116 Å². The molecule has 0 aliphatic heterocycles. The van der Waals surface area contributed by atoms with Gasteiger partial charge in [0.15, 0.2) is 0 Å². The second-order valence-corrected chi connectivity index (χ2v) is 22.9. The maximum absolute atomic E-state index is 2.75. The van der Waals surface area contributed by atoms with Crippen molar-refractivity contribution in [3.05, 3.63) is 104 Å². The predicted octanol–water partition coefficient (Wildman–Crippen LogP) is 16.2. The molecule has 2 atom stereocenters. The number of benzene rings is 4. The Balaban J connectivity index is 1.26. The average molecular weight is 771 g/mol. The van der Waals surface area contributed by atoms with E-state index in [2.05, 4.69) is 125 Å². The third kappa shape index (κ3) is 5.50. The van der Waals surface area contributed by atoms with Crippen LogP contribution in [0.15, 0.2) is 48.5 Å². The average Bonchev–Trinajstić information content (AvgIpc) is 3.69. The van der Waals surface area contributed by atoms with Crippen LogP contribution in [-0.2, 0) is 22.7 Å². The molecule has 0 aromatic heterocycles. The smallest absolute Gasteiger partial charge is 0.0227 e. The van der Waals surface area contributed by atoms with Crippen molar-refractivity contribution in [1.29, 1.82) is 0 Å². The van der Waals surface area contributed by atoms with E-state index in [1.54, 1.807) is 49.9 Å². The molecule has 0 bridgehead atoms. The van der Waals surface area contributed by atoms with Crippen molar-refractivity contribution in [3.63, 3.8) is 0 Å². The monoisotopic (exact) mass is 771 g/mol. The lowest BCUT2D eigenvalue weighted by atomic mass is 9.49. The van der Waals surface area contributed by atoms with Gasteiger partial charge in [-0.05, 0) is 165 Å². The summed E-state index contributed by atoms with van der Waals surface area (Å²) in [5, 5.41) is 3.13. The lowest BCUT2D eigenvalue weighted by Crippen LogP contribution is -2.49. The summed E-state index contributed by atoms with van der Waals surface area (Å²) in [6.45, 7) is 27.5. The highest BCUT2D eigenvalue weighted by atomic mass is 14.6. The molecular weight excluding hydrogens is 697 g/mol. The van der Waals surface area contributed by atoms with Gasteiger partial charge in [0, 0.05) is 16.2 Å². The Bertz CT molecular complexity index is 2310. The molecule has 0 nitrogen and oxygen atoms in total. The first-order chi connectivity index (χ1) is 27.6. The second-order valence-electron chi connectivity index (χ2n) is 22.9. The van der Waals surface area contributed by atoms with Crippen LogP contribution in [-0.4, -0.2) is 0 Å². The molecule has 3 fully saturated rings. The van der Waals surface area contributed by atoms with E-state index in [0.29, 0.717) is 5.92 Å². The highest BCUT2D eigenvalue weighted by molar-refractivity contribution is 6.13. The van der Waals surface area contributed by atoms with Gasteiger partial charge in [0.05, 0.1) is 0 Å². The van der Waals surface area contributed by atoms with Gasteiger partial charge < -0.3 is 0 Å². The third-order valence-electron chi connectivity index (χ3n) is 17.7. The largest absolute Gasteiger partial charge is 0.0625 e. The minimum absolute atomic E-state index is 0.0299. The van der Waals surface area contributed by atoms with Crippen molar-refractivity contribution < 1.29 is 0 Å². The molecule has 0 heteroatoms. The predicted molar refractivity (Wildman–Crippen MR) is 250 cm³/mol. The molecule has 3 saturated carbocycles. The van der Waals surface area contributed by atoms with Gasteiger partial charge in [-0.1, -0.05) is 174 Å². The van der Waals surface area contributed by atoms with Crippen LogP contribution in [0.25, 0.3) is 33.0 Å². The molecule has 0 heterocycles. The lowest BCUT2D eigenvalue weighted by Gasteiger charge is -2.55. The fraction of sp³-hybridized carbons (Fsp3) is 0.586. The molecule has 10 rings (SSSR count). The Morgan fingerprint density at radius 2 is 1.17 bits per heavy atom. The van der Waals surface area contributed by atoms with Crippen LogP contribution in [0.1, 0.15) is 188 Å². The Morgan fingerprint density at radius 3 is 1.78 bits per heavy atom. The van der Waals surface area contributed by atoms with E-state index >= 15 is 0 Å². The normalized spacial score (nSPS) is 27.4. The summed E-state index contributed by atoms with van der Waals surface area (Å²) in [7, 11) is 0. The summed E-state index contributed by atoms with van der Waals surface area (Å²) >= 11 is 0. The van der Waals surface area contributed by atoms with E-state index < -0.39 is 0 Å². The number of allylic oxidation sites excluding steroid dienone is 2. The summed E-state index contributed by atoms with van der Waals surface area (Å²) in [5.41, 5.74) is 22.0. The first-order valence-electron chi connectivity index (χ1n) is 24.3. The third-order valence-corrected chi connectivity index (χ3v) is 17.7. The lowest BCUT2D eigenvalue weighted by molar-refractivity contribution is -0.0164. The quantitative estimate of drug-likeness (QED) is 0.190. The van der Waals surface area contributed by atoms with Gasteiger partial charge in [0.25, 0.3) is 0 Å². The number of rotatable bonds is 5. The van der Waals surface area contributed by atoms with Crippen molar-refractivity contribution in [2.45, 2.75) is 176 Å². The van der Waals surface area contributed by atoms with E-state index in [0.717, 1.165) is 41.9 Å². The Kier molecular flexibility index (Phi) is 9.22. The van der Waals surface area contributed by atoms with Gasteiger partial charge in [0.2, 0.25) is 0 Å². The Morgan fingerprint density at radius 1 is 0.586 bits per heavy atom. The standard InChI is InChI=1S/C58H74/c1-33(2)26-38-22-24-47-42(30-38)55-54(56(47,8)9)41-23-25-48-51(53(41)57(55,10)11)44-29-37(7)50-36(6)27-35(5)28-43(50)52(44)58(48)31-45(39-18-14-12-15-19-39)49(34(3)4)46(32-58)40-20-16-13-17-21-40/h22-25,27-30,33-34,39-40,45-46,49H,12-21,26,31-32H2,1-11H3. The van der Waals surface area contributed by atoms with Crippen molar-refractivity contribution in [2.24, 2.45) is 41.4 Å². The van der Waals surface area contributed by atoms with Crippen LogP contribution < -0.4 is 0 Å². The van der Waals surface area contributed by atoms with Crippen molar-refractivity contribution in [2.75, 3.05) is 0 Å². The summed E-state index contributed by atoms with van der Waals surface area (Å²) < 4.78 is 0. The molecule has 0 N–H and O–H groups in total. The second kappa shape index (κ2) is 13.7. The van der Waals surface area contributed by atoms with Gasteiger partial charge >= 0.3 is 0 Å². The molecule has 1 spiro atoms. The zero-order valence-electron chi connectivity index (χ0n) is 38.4. The SMILES string of the molecule is Cc1cc(C)c2c(C)cc3c(c2c1)C1(CC(C2CCCCC2)C(C(C)C)C(C2CCCCC2)C1)c1ccc2c(c1-3)C(C)(C)C1=C2C(C)(C)c2ccc(CC(C)C)cc21. The van der Waals surface area contributed by atoms with Gasteiger partial charge in [-0.2, -0.15) is 0 Å². The van der Waals surface area contributed by atoms with Crippen LogP contribution >= 0.6 is 0 Å². The summed E-state index contributed by atoms with van der Waals surface area (Å²) in [5.74, 6) is 5.53. The van der Waals surface area contributed by atoms with Crippen molar-refractivity contribution in [3.8, 4) is 11.1 Å². The van der Waals surface area contributed by atoms with Crippen LogP contribution in [0.5, 0.6) is 0 Å². The first-order valence-corrected chi connectivity index (χ1v) is 24.3.